The fourth-order valence-electron chi connectivity index (χ4n) is 2.78. The van der Waals surface area contributed by atoms with Crippen molar-refractivity contribution in [2.75, 3.05) is 7.11 Å². The van der Waals surface area contributed by atoms with Crippen LogP contribution in [0, 0.1) is 0 Å². The molecule has 8 nitrogen and oxygen atoms in total. The molecule has 4 rings (SSSR count). The molecule has 160 valence electrons. The quantitative estimate of drug-likeness (QED) is 0.196. The van der Waals surface area contributed by atoms with Crippen LogP contribution < -0.4 is 14.9 Å². The number of nitrogens with zero attached hydrogens (tertiary/aromatic N) is 3. The molecule has 0 spiro atoms. The number of hydrogen-bond acceptors (Lipinski definition) is 8. The van der Waals surface area contributed by atoms with E-state index < -0.39 is 11.9 Å². The molecule has 2 heterocycles. The second-order valence-electron chi connectivity index (χ2n) is 6.33. The first-order chi connectivity index (χ1) is 15.6. The van der Waals surface area contributed by atoms with Crippen LogP contribution >= 0.6 is 22.9 Å². The minimum atomic E-state index is -0.577. The van der Waals surface area contributed by atoms with Gasteiger partial charge in [-0.3, -0.25) is 9.78 Å². The van der Waals surface area contributed by atoms with Gasteiger partial charge in [-0.15, -0.1) is 11.3 Å². The van der Waals surface area contributed by atoms with Crippen LogP contribution in [0.4, 0.5) is 0 Å². The van der Waals surface area contributed by atoms with Gasteiger partial charge in [0.2, 0.25) is 0 Å². The Hall–Kier alpha value is -3.82. The normalized spacial score (nSPS) is 10.9. The van der Waals surface area contributed by atoms with E-state index in [0.717, 1.165) is 10.1 Å². The van der Waals surface area contributed by atoms with Crippen LogP contribution in [0.1, 0.15) is 25.7 Å². The summed E-state index contributed by atoms with van der Waals surface area (Å²) in [7, 11) is 1.45. The fourth-order valence-corrected chi connectivity index (χ4v) is 4.16. The van der Waals surface area contributed by atoms with Gasteiger partial charge in [-0.1, -0.05) is 29.8 Å². The Morgan fingerprint density at radius 2 is 2.00 bits per heavy atom. The lowest BCUT2D eigenvalue weighted by molar-refractivity contribution is 0.0734. The van der Waals surface area contributed by atoms with Crippen molar-refractivity contribution in [3.05, 3.63) is 82.2 Å². The zero-order valence-corrected chi connectivity index (χ0v) is 18.2. The molecule has 32 heavy (non-hydrogen) atoms. The number of halogens is 1. The number of benzene rings is 2. The first-order valence-corrected chi connectivity index (χ1v) is 10.4. The zero-order chi connectivity index (χ0) is 22.5. The number of fused-ring (bicyclic) bond motifs is 1. The average molecular weight is 467 g/mol. The van der Waals surface area contributed by atoms with Crippen LogP contribution in [0.15, 0.2) is 66.2 Å². The van der Waals surface area contributed by atoms with Gasteiger partial charge in [0.1, 0.15) is 10.6 Å². The molecular formula is C22H15ClN4O4S. The van der Waals surface area contributed by atoms with E-state index in [1.54, 1.807) is 18.2 Å². The smallest absolute Gasteiger partial charge is 0.355 e. The molecule has 0 fully saturated rings. The predicted octanol–water partition coefficient (Wildman–Crippen LogP) is 4.34. The third kappa shape index (κ3) is 4.58. The minimum Gasteiger partial charge on any atom is -0.493 e. The number of thiophene rings is 1. The monoisotopic (exact) mass is 466 g/mol. The SMILES string of the molecule is COc1cc(/C=N/NC(=O)c2cnccn2)ccc1OC(=O)c1sc2ccccc2c1Cl. The summed E-state index contributed by atoms with van der Waals surface area (Å²) < 4.78 is 11.8. The Kier molecular flexibility index (Phi) is 6.39. The largest absolute Gasteiger partial charge is 0.493 e. The summed E-state index contributed by atoms with van der Waals surface area (Å²) in [6.45, 7) is 0. The summed E-state index contributed by atoms with van der Waals surface area (Å²) in [5.41, 5.74) is 3.12. The molecule has 4 aromatic rings. The van der Waals surface area contributed by atoms with E-state index in [0.29, 0.717) is 21.2 Å². The summed E-state index contributed by atoms with van der Waals surface area (Å²) in [5, 5.41) is 5.05. The molecule has 0 atom stereocenters. The number of amides is 1. The highest BCUT2D eigenvalue weighted by Crippen LogP contribution is 2.36. The summed E-state index contributed by atoms with van der Waals surface area (Å²) >= 11 is 7.62. The number of nitrogens with one attached hydrogen (secondary N) is 1. The van der Waals surface area contributed by atoms with Crippen molar-refractivity contribution in [2.24, 2.45) is 5.10 Å². The van der Waals surface area contributed by atoms with E-state index in [1.807, 2.05) is 24.3 Å². The van der Waals surface area contributed by atoms with Crippen LogP contribution in [0.25, 0.3) is 10.1 Å². The highest BCUT2D eigenvalue weighted by molar-refractivity contribution is 7.21. The van der Waals surface area contributed by atoms with Gasteiger partial charge in [0, 0.05) is 22.5 Å². The van der Waals surface area contributed by atoms with Gasteiger partial charge in [-0.05, 0) is 29.8 Å². The van der Waals surface area contributed by atoms with E-state index in [-0.39, 0.29) is 11.4 Å². The van der Waals surface area contributed by atoms with Gasteiger partial charge in [0.05, 0.1) is 24.5 Å². The molecule has 0 saturated heterocycles. The Morgan fingerprint density at radius 3 is 2.75 bits per heavy atom. The van der Waals surface area contributed by atoms with Crippen molar-refractivity contribution >= 4 is 51.1 Å². The van der Waals surface area contributed by atoms with E-state index in [4.69, 9.17) is 21.1 Å². The standard InChI is InChI=1S/C22H15ClN4O4S/c1-30-17-10-13(11-26-27-21(28)15-12-24-8-9-25-15)6-7-16(17)31-22(29)20-19(23)14-4-2-3-5-18(14)32-20/h2-12H,1H3,(H,27,28)/b26-11+. The van der Waals surface area contributed by atoms with E-state index in [9.17, 15) is 9.59 Å². The molecule has 0 bridgehead atoms. The Morgan fingerprint density at radius 1 is 1.16 bits per heavy atom. The molecule has 2 aromatic carbocycles. The van der Waals surface area contributed by atoms with Gasteiger partial charge >= 0.3 is 5.97 Å². The number of carbonyl (C=O) groups is 2. The van der Waals surface area contributed by atoms with E-state index in [1.165, 1.54) is 43.3 Å². The van der Waals surface area contributed by atoms with Crippen LogP contribution in [0.5, 0.6) is 11.5 Å². The number of ether oxygens (including phenoxy) is 2. The molecular weight excluding hydrogens is 452 g/mol. The summed E-state index contributed by atoms with van der Waals surface area (Å²) in [6.07, 6.45) is 5.63. The average Bonchev–Trinajstić information content (AvgIpc) is 3.17. The Labute approximate surface area is 191 Å². The van der Waals surface area contributed by atoms with Crippen molar-refractivity contribution in [3.8, 4) is 11.5 Å². The lowest BCUT2D eigenvalue weighted by Gasteiger charge is -2.09. The minimum absolute atomic E-state index is 0.143. The second kappa shape index (κ2) is 9.54. The Bertz CT molecular complexity index is 1320. The third-order valence-electron chi connectivity index (χ3n) is 4.29. The Balaban J connectivity index is 1.47. The number of hydrazone groups is 1. The van der Waals surface area contributed by atoms with Crippen molar-refractivity contribution in [2.45, 2.75) is 0 Å². The summed E-state index contributed by atoms with van der Waals surface area (Å²) in [4.78, 5) is 32.7. The van der Waals surface area contributed by atoms with Crippen molar-refractivity contribution in [3.63, 3.8) is 0 Å². The topological polar surface area (TPSA) is 103 Å². The van der Waals surface area contributed by atoms with Crippen LogP contribution in [0.2, 0.25) is 5.02 Å². The molecule has 0 saturated carbocycles. The number of aromatic nitrogens is 2. The van der Waals surface area contributed by atoms with Crippen molar-refractivity contribution < 1.29 is 19.1 Å². The zero-order valence-electron chi connectivity index (χ0n) is 16.6. The number of esters is 1. The van der Waals surface area contributed by atoms with Gasteiger partial charge < -0.3 is 9.47 Å². The molecule has 10 heteroatoms. The molecule has 1 N–H and O–H groups in total. The first-order valence-electron chi connectivity index (χ1n) is 9.23. The maximum Gasteiger partial charge on any atom is 0.355 e. The molecule has 0 aliphatic carbocycles. The van der Waals surface area contributed by atoms with E-state index >= 15 is 0 Å². The number of carbonyl (C=O) groups excluding carboxylic acids is 2. The first kappa shape index (κ1) is 21.4. The fraction of sp³-hybridized carbons (Fsp3) is 0.0455. The highest BCUT2D eigenvalue weighted by Gasteiger charge is 2.20. The maximum absolute atomic E-state index is 12.7. The molecule has 0 aliphatic heterocycles. The van der Waals surface area contributed by atoms with Crippen molar-refractivity contribution in [1.82, 2.24) is 15.4 Å². The molecule has 0 aliphatic rings. The summed E-state index contributed by atoms with van der Waals surface area (Å²) in [5.74, 6) is -0.522. The molecule has 0 radical (unpaired) electrons. The summed E-state index contributed by atoms with van der Waals surface area (Å²) in [6, 6.07) is 12.3. The third-order valence-corrected chi connectivity index (χ3v) is 5.94. The predicted molar refractivity (Wildman–Crippen MR) is 122 cm³/mol. The number of rotatable bonds is 6. The number of hydrogen-bond donors (Lipinski definition) is 1. The van der Waals surface area contributed by atoms with Gasteiger partial charge in [-0.25, -0.2) is 15.2 Å². The maximum atomic E-state index is 12.7. The van der Waals surface area contributed by atoms with Gasteiger partial charge in [0.15, 0.2) is 11.5 Å². The molecule has 2 aromatic heterocycles. The lowest BCUT2D eigenvalue weighted by atomic mass is 10.2. The van der Waals surface area contributed by atoms with Crippen molar-refractivity contribution in [1.29, 1.82) is 0 Å². The number of methoxy groups -OCH3 is 1. The molecule has 1 amide bonds. The van der Waals surface area contributed by atoms with Crippen LogP contribution in [-0.4, -0.2) is 35.2 Å². The second-order valence-corrected chi connectivity index (χ2v) is 7.76. The lowest BCUT2D eigenvalue weighted by Crippen LogP contribution is -2.19. The van der Waals surface area contributed by atoms with Crippen LogP contribution in [-0.2, 0) is 0 Å². The van der Waals surface area contributed by atoms with E-state index in [2.05, 4.69) is 20.5 Å². The van der Waals surface area contributed by atoms with Crippen LogP contribution in [0.3, 0.4) is 0 Å². The molecule has 0 unspecified atom stereocenters. The highest BCUT2D eigenvalue weighted by atomic mass is 35.5. The van der Waals surface area contributed by atoms with Gasteiger partial charge in [0.25, 0.3) is 5.91 Å². The van der Waals surface area contributed by atoms with Gasteiger partial charge in [-0.2, -0.15) is 5.10 Å².